The summed E-state index contributed by atoms with van der Waals surface area (Å²) in [7, 11) is 0. The van der Waals surface area contributed by atoms with Gasteiger partial charge in [0.2, 0.25) is 11.1 Å². The van der Waals surface area contributed by atoms with Crippen molar-refractivity contribution in [3.8, 4) is 5.69 Å². The summed E-state index contributed by atoms with van der Waals surface area (Å²) in [6.45, 7) is 5.84. The van der Waals surface area contributed by atoms with Crippen molar-refractivity contribution in [2.75, 3.05) is 5.32 Å². The highest BCUT2D eigenvalue weighted by Crippen LogP contribution is 2.23. The molecule has 5 nitrogen and oxygen atoms in total. The number of anilines is 1. The van der Waals surface area contributed by atoms with Crippen LogP contribution in [0.2, 0.25) is 0 Å². The standard InChI is InChI=1S/C19H20N4OS/c1-13-9-10-14(2)17(11-13)21-18(24)15(3)25-19-20-12-23(22-19)16-7-5-4-6-8-16/h4-12,15H,1-3H3,(H,21,24). The molecule has 1 aromatic heterocycles. The van der Waals surface area contributed by atoms with Crippen LogP contribution >= 0.6 is 11.8 Å². The lowest BCUT2D eigenvalue weighted by molar-refractivity contribution is -0.115. The average molecular weight is 352 g/mol. The van der Waals surface area contributed by atoms with Gasteiger partial charge in [0.25, 0.3) is 0 Å². The van der Waals surface area contributed by atoms with Gasteiger partial charge in [0, 0.05) is 5.69 Å². The summed E-state index contributed by atoms with van der Waals surface area (Å²) in [5.74, 6) is -0.0604. The van der Waals surface area contributed by atoms with Gasteiger partial charge in [-0.3, -0.25) is 4.79 Å². The molecule has 1 atom stereocenters. The number of carbonyl (C=O) groups is 1. The Morgan fingerprint density at radius 2 is 1.92 bits per heavy atom. The predicted octanol–water partition coefficient (Wildman–Crippen LogP) is 4.00. The molecule has 0 aliphatic carbocycles. The van der Waals surface area contributed by atoms with Gasteiger partial charge in [-0.2, -0.15) is 0 Å². The Bertz CT molecular complexity index is 876. The van der Waals surface area contributed by atoms with E-state index in [0.717, 1.165) is 22.5 Å². The molecule has 0 radical (unpaired) electrons. The Kier molecular flexibility index (Phi) is 5.19. The van der Waals surface area contributed by atoms with Gasteiger partial charge in [-0.15, -0.1) is 5.10 Å². The van der Waals surface area contributed by atoms with Crippen LogP contribution in [0.3, 0.4) is 0 Å². The van der Waals surface area contributed by atoms with Gasteiger partial charge >= 0.3 is 0 Å². The Labute approximate surface area is 151 Å². The van der Waals surface area contributed by atoms with Crippen molar-refractivity contribution in [2.24, 2.45) is 0 Å². The number of amides is 1. The molecular formula is C19H20N4OS. The second-order valence-electron chi connectivity index (χ2n) is 5.87. The number of para-hydroxylation sites is 1. The minimum absolute atomic E-state index is 0.0604. The van der Waals surface area contributed by atoms with Crippen molar-refractivity contribution < 1.29 is 4.79 Å². The van der Waals surface area contributed by atoms with Gasteiger partial charge in [0.15, 0.2) is 0 Å². The summed E-state index contributed by atoms with van der Waals surface area (Å²) in [4.78, 5) is 16.8. The number of hydrogen-bond donors (Lipinski definition) is 1. The average Bonchev–Trinajstić information content (AvgIpc) is 3.07. The molecule has 2 aromatic carbocycles. The maximum atomic E-state index is 12.5. The minimum atomic E-state index is -0.300. The fourth-order valence-electron chi connectivity index (χ4n) is 2.32. The lowest BCUT2D eigenvalue weighted by Crippen LogP contribution is -2.23. The van der Waals surface area contributed by atoms with E-state index in [2.05, 4.69) is 15.4 Å². The molecule has 6 heteroatoms. The fraction of sp³-hybridized carbons (Fsp3) is 0.211. The maximum Gasteiger partial charge on any atom is 0.237 e. The highest BCUT2D eigenvalue weighted by Gasteiger charge is 2.18. The summed E-state index contributed by atoms with van der Waals surface area (Å²) in [5, 5.41) is 7.69. The first-order valence-electron chi connectivity index (χ1n) is 8.05. The molecule has 0 saturated carbocycles. The van der Waals surface area contributed by atoms with Crippen molar-refractivity contribution in [3.63, 3.8) is 0 Å². The maximum absolute atomic E-state index is 12.5. The van der Waals surface area contributed by atoms with Gasteiger partial charge in [-0.1, -0.05) is 42.1 Å². The zero-order valence-electron chi connectivity index (χ0n) is 14.4. The van der Waals surface area contributed by atoms with Crippen molar-refractivity contribution in [1.82, 2.24) is 14.8 Å². The number of thioether (sulfide) groups is 1. The predicted molar refractivity (Wildman–Crippen MR) is 101 cm³/mol. The molecule has 1 N–H and O–H groups in total. The van der Waals surface area contributed by atoms with Gasteiger partial charge in [-0.05, 0) is 50.1 Å². The van der Waals surface area contributed by atoms with Gasteiger partial charge in [0.1, 0.15) is 6.33 Å². The molecule has 1 heterocycles. The Balaban J connectivity index is 1.66. The molecule has 128 valence electrons. The number of aromatic nitrogens is 3. The molecule has 0 spiro atoms. The van der Waals surface area contributed by atoms with Crippen molar-refractivity contribution in [2.45, 2.75) is 31.2 Å². The quantitative estimate of drug-likeness (QED) is 0.705. The topological polar surface area (TPSA) is 59.8 Å². The lowest BCUT2D eigenvalue weighted by atomic mass is 10.1. The molecule has 1 amide bonds. The smallest absolute Gasteiger partial charge is 0.237 e. The van der Waals surface area contributed by atoms with Crippen molar-refractivity contribution in [3.05, 3.63) is 66.0 Å². The molecule has 25 heavy (non-hydrogen) atoms. The summed E-state index contributed by atoms with van der Waals surface area (Å²) < 4.78 is 1.71. The third kappa shape index (κ3) is 4.28. The zero-order valence-corrected chi connectivity index (χ0v) is 15.2. The normalized spacial score (nSPS) is 12.0. The van der Waals surface area contributed by atoms with Crippen LogP contribution < -0.4 is 5.32 Å². The van der Waals surface area contributed by atoms with E-state index in [4.69, 9.17) is 0 Å². The number of nitrogens with zero attached hydrogens (tertiary/aromatic N) is 3. The molecule has 0 bridgehead atoms. The van der Waals surface area contributed by atoms with Crippen LogP contribution in [-0.2, 0) is 4.79 Å². The number of nitrogens with one attached hydrogen (secondary N) is 1. The Morgan fingerprint density at radius 3 is 2.68 bits per heavy atom. The summed E-state index contributed by atoms with van der Waals surface area (Å²) in [6.07, 6.45) is 1.66. The SMILES string of the molecule is Cc1ccc(C)c(NC(=O)C(C)Sc2ncn(-c3ccccc3)n2)c1. The molecule has 1 unspecified atom stereocenters. The van der Waals surface area contributed by atoms with E-state index in [-0.39, 0.29) is 11.2 Å². The number of hydrogen-bond acceptors (Lipinski definition) is 4. The molecule has 0 saturated heterocycles. The zero-order chi connectivity index (χ0) is 17.8. The number of rotatable bonds is 5. The van der Waals surface area contributed by atoms with Crippen LogP contribution in [0.25, 0.3) is 5.69 Å². The minimum Gasteiger partial charge on any atom is -0.325 e. The second kappa shape index (κ2) is 7.53. The first-order valence-corrected chi connectivity index (χ1v) is 8.93. The van der Waals surface area contributed by atoms with Gasteiger partial charge < -0.3 is 5.32 Å². The van der Waals surface area contributed by atoms with Crippen LogP contribution in [0.1, 0.15) is 18.1 Å². The van der Waals surface area contributed by atoms with E-state index in [0.29, 0.717) is 5.16 Å². The number of aryl methyl sites for hydroxylation is 2. The highest BCUT2D eigenvalue weighted by atomic mass is 32.2. The van der Waals surface area contributed by atoms with Crippen LogP contribution in [0, 0.1) is 13.8 Å². The fourth-order valence-corrected chi connectivity index (χ4v) is 3.05. The number of carbonyl (C=O) groups excluding carboxylic acids is 1. The second-order valence-corrected chi connectivity index (χ2v) is 7.18. The van der Waals surface area contributed by atoms with Gasteiger partial charge in [0.05, 0.1) is 10.9 Å². The van der Waals surface area contributed by atoms with Crippen LogP contribution in [0.4, 0.5) is 5.69 Å². The largest absolute Gasteiger partial charge is 0.325 e. The Hall–Kier alpha value is -2.60. The van der Waals surface area contributed by atoms with E-state index in [1.807, 2.05) is 69.3 Å². The highest BCUT2D eigenvalue weighted by molar-refractivity contribution is 8.00. The monoisotopic (exact) mass is 352 g/mol. The van der Waals surface area contributed by atoms with Crippen molar-refractivity contribution >= 4 is 23.4 Å². The summed E-state index contributed by atoms with van der Waals surface area (Å²) >= 11 is 1.34. The molecule has 3 aromatic rings. The van der Waals surface area contributed by atoms with E-state index >= 15 is 0 Å². The van der Waals surface area contributed by atoms with Crippen LogP contribution in [-0.4, -0.2) is 25.9 Å². The van der Waals surface area contributed by atoms with E-state index in [1.165, 1.54) is 11.8 Å². The van der Waals surface area contributed by atoms with Crippen LogP contribution in [0.15, 0.2) is 60.0 Å². The van der Waals surface area contributed by atoms with E-state index in [9.17, 15) is 4.79 Å². The van der Waals surface area contributed by atoms with Crippen LogP contribution in [0.5, 0.6) is 0 Å². The molecule has 0 fully saturated rings. The summed E-state index contributed by atoms with van der Waals surface area (Å²) in [6, 6.07) is 15.8. The third-order valence-electron chi connectivity index (χ3n) is 3.79. The first kappa shape index (κ1) is 17.2. The molecule has 0 aliphatic rings. The molecule has 0 aliphatic heterocycles. The molecular weight excluding hydrogens is 332 g/mol. The van der Waals surface area contributed by atoms with E-state index < -0.39 is 0 Å². The van der Waals surface area contributed by atoms with Crippen molar-refractivity contribution in [1.29, 1.82) is 0 Å². The lowest BCUT2D eigenvalue weighted by Gasteiger charge is -2.12. The number of benzene rings is 2. The third-order valence-corrected chi connectivity index (χ3v) is 4.76. The first-order chi connectivity index (χ1) is 12.0. The van der Waals surface area contributed by atoms with E-state index in [1.54, 1.807) is 11.0 Å². The molecule has 3 rings (SSSR count). The Morgan fingerprint density at radius 1 is 1.16 bits per heavy atom. The van der Waals surface area contributed by atoms with Gasteiger partial charge in [-0.25, -0.2) is 9.67 Å². The summed E-state index contributed by atoms with van der Waals surface area (Å²) in [5.41, 5.74) is 3.95.